The molecule has 1 atom stereocenters. The summed E-state index contributed by atoms with van der Waals surface area (Å²) in [6.45, 7) is 8.16. The zero-order chi connectivity index (χ0) is 29.6. The molecule has 44 heavy (non-hydrogen) atoms. The van der Waals surface area contributed by atoms with Crippen LogP contribution < -0.4 is 0 Å². The Morgan fingerprint density at radius 3 is 1.55 bits per heavy atom. The van der Waals surface area contributed by atoms with E-state index in [1.54, 1.807) is 8.47 Å². The largest absolute Gasteiger partial charge is 0.117 e. The molecule has 0 radical (unpaired) electrons. The molecular formula is C32H24S12. The van der Waals surface area contributed by atoms with Crippen LogP contribution in [0.2, 0.25) is 0 Å². The number of rotatable bonds is 6. The molecule has 6 heterocycles. The van der Waals surface area contributed by atoms with E-state index in [-0.39, 0.29) is 0 Å². The highest BCUT2D eigenvalue weighted by atomic mass is 32.3. The van der Waals surface area contributed by atoms with Crippen LogP contribution in [0.4, 0.5) is 0 Å². The van der Waals surface area contributed by atoms with Gasteiger partial charge in [0.25, 0.3) is 0 Å². The number of hydrogen-bond acceptors (Lipinski definition) is 12. The van der Waals surface area contributed by atoms with E-state index in [1.165, 1.54) is 81.8 Å². The number of benzene rings is 2. The molecule has 1 unspecified atom stereocenters. The van der Waals surface area contributed by atoms with Crippen LogP contribution in [0.15, 0.2) is 96.9 Å². The van der Waals surface area contributed by atoms with Crippen LogP contribution in [0.5, 0.6) is 0 Å². The van der Waals surface area contributed by atoms with Gasteiger partial charge in [0.1, 0.15) is 0 Å². The maximum atomic E-state index is 4.08. The smallest absolute Gasteiger partial charge is 0.0824 e. The lowest BCUT2D eigenvalue weighted by atomic mass is 10.1. The lowest BCUT2D eigenvalue weighted by molar-refractivity contribution is 1.39. The molecule has 0 aromatic heterocycles. The molecule has 0 aliphatic carbocycles. The van der Waals surface area contributed by atoms with Crippen LogP contribution in [0.1, 0.15) is 22.3 Å². The lowest BCUT2D eigenvalue weighted by Gasteiger charge is -2.16. The molecule has 0 N–H and O–H groups in total. The zero-order valence-corrected chi connectivity index (χ0v) is 32.9. The molecule has 224 valence electrons. The Morgan fingerprint density at radius 2 is 0.955 bits per heavy atom. The fourth-order valence-corrected chi connectivity index (χ4v) is 24.3. The van der Waals surface area contributed by atoms with Crippen molar-refractivity contribution in [2.45, 2.75) is 9.16 Å². The van der Waals surface area contributed by atoms with E-state index in [9.17, 15) is 0 Å². The predicted molar refractivity (Wildman–Crippen MR) is 226 cm³/mol. The van der Waals surface area contributed by atoms with Gasteiger partial charge < -0.3 is 0 Å². The van der Waals surface area contributed by atoms with Crippen LogP contribution in [0.3, 0.4) is 0 Å². The third kappa shape index (κ3) is 6.56. The summed E-state index contributed by atoms with van der Waals surface area (Å²) in [6.07, 6.45) is 3.93. The first-order valence-corrected chi connectivity index (χ1v) is 24.5. The standard InChI is InChI=1S/C32H24S12/c1-3-17-7-5-9-19(15-17)21-23(39-29(37-21)31-41-25-26(42-31)34-12-11-33-25)24-22(20-10-6-8-18(4-2)16-20)38-30(40-24)32-43-27-28(44-32)36-14-13-35-27/h3-10,15-16,29,31H,1-2,11-14H2. The first-order chi connectivity index (χ1) is 21.7. The Bertz CT molecular complexity index is 1690. The maximum Gasteiger partial charge on any atom is 0.0824 e. The topological polar surface area (TPSA) is 0 Å². The van der Waals surface area contributed by atoms with Gasteiger partial charge in [-0.05, 0) is 34.4 Å². The SMILES string of the molecule is C=Cc1cccc(C2=C(C3=C(c4cccc(C=C)c4)SC(C4SC5=C(SCCS5)S4)S3)SC(=C3SC4=C(SCCS4)S3)S2)c1. The van der Waals surface area contributed by atoms with Crippen LogP contribution in [0, 0.1) is 0 Å². The predicted octanol–water partition coefficient (Wildman–Crippen LogP) is 13.9. The Kier molecular flexibility index (Phi) is 10.5. The Morgan fingerprint density at radius 1 is 0.477 bits per heavy atom. The average Bonchev–Trinajstić information content (AvgIpc) is 3.88. The third-order valence-electron chi connectivity index (χ3n) is 6.88. The summed E-state index contributed by atoms with van der Waals surface area (Å²) in [6, 6.07) is 17.9. The summed E-state index contributed by atoms with van der Waals surface area (Å²) in [5.41, 5.74) is 4.93. The minimum Gasteiger partial charge on any atom is -0.117 e. The van der Waals surface area contributed by atoms with E-state index in [0.29, 0.717) is 9.16 Å². The Balaban J connectivity index is 1.21. The molecule has 2 aromatic rings. The van der Waals surface area contributed by atoms with Crippen molar-refractivity contribution < 1.29 is 0 Å². The van der Waals surface area contributed by atoms with Gasteiger partial charge in [0, 0.05) is 42.6 Å². The van der Waals surface area contributed by atoms with Gasteiger partial charge in [-0.25, -0.2) is 0 Å². The van der Waals surface area contributed by atoms with Gasteiger partial charge in [0.2, 0.25) is 0 Å². The van der Waals surface area contributed by atoms with Crippen molar-refractivity contribution in [3.8, 4) is 0 Å². The number of hydrogen-bond donors (Lipinski definition) is 0. The molecular weight excluding hydrogens is 769 g/mol. The second-order valence-electron chi connectivity index (χ2n) is 9.71. The van der Waals surface area contributed by atoms with Crippen molar-refractivity contribution in [3.05, 3.63) is 119 Å². The summed E-state index contributed by atoms with van der Waals surface area (Å²) in [5.74, 6) is 4.89. The van der Waals surface area contributed by atoms with Gasteiger partial charge in [-0.2, -0.15) is 0 Å². The van der Waals surface area contributed by atoms with Crippen LogP contribution >= 0.6 is 141 Å². The van der Waals surface area contributed by atoms with Gasteiger partial charge in [0.05, 0.1) is 34.6 Å². The Labute approximate surface area is 310 Å². The maximum absolute atomic E-state index is 4.08. The van der Waals surface area contributed by atoms with E-state index < -0.39 is 0 Å². The number of thioether (sulfide) groups is 12. The highest BCUT2D eigenvalue weighted by molar-refractivity contribution is 8.44. The normalized spacial score (nSPS) is 24.1. The minimum absolute atomic E-state index is 0.446. The Hall–Kier alpha value is 0.820. The van der Waals surface area contributed by atoms with Crippen LogP contribution in [-0.4, -0.2) is 32.2 Å². The molecule has 0 nitrogen and oxygen atoms in total. The summed E-state index contributed by atoms with van der Waals surface area (Å²) < 4.78 is 9.97. The van der Waals surface area contributed by atoms with Crippen molar-refractivity contribution in [2.75, 3.05) is 23.0 Å². The van der Waals surface area contributed by atoms with Gasteiger partial charge in [0.15, 0.2) is 0 Å². The fraction of sp³-hybridized carbons (Fsp3) is 0.188. The highest BCUT2D eigenvalue weighted by Gasteiger charge is 2.43. The highest BCUT2D eigenvalue weighted by Crippen LogP contribution is 2.71. The van der Waals surface area contributed by atoms with E-state index in [1.807, 2.05) is 82.7 Å². The van der Waals surface area contributed by atoms with E-state index in [0.717, 1.165) is 0 Å². The molecule has 8 rings (SSSR count). The molecule has 2 aromatic carbocycles. The minimum atomic E-state index is 0.446. The first kappa shape index (κ1) is 32.0. The van der Waals surface area contributed by atoms with Gasteiger partial charge in [-0.3, -0.25) is 0 Å². The molecule has 0 saturated carbocycles. The molecule has 0 amide bonds. The molecule has 6 aliphatic rings. The second-order valence-corrected chi connectivity index (χ2v) is 25.0. The second kappa shape index (κ2) is 14.4. The quantitative estimate of drug-likeness (QED) is 0.273. The summed E-state index contributed by atoms with van der Waals surface area (Å²) in [5, 5.41) is 0. The van der Waals surface area contributed by atoms with Crippen molar-refractivity contribution in [1.29, 1.82) is 0 Å². The molecule has 6 aliphatic heterocycles. The van der Waals surface area contributed by atoms with E-state index in [4.69, 9.17) is 0 Å². The molecule has 12 heteroatoms. The lowest BCUT2D eigenvalue weighted by Crippen LogP contribution is -2.07. The van der Waals surface area contributed by atoms with E-state index >= 15 is 0 Å². The van der Waals surface area contributed by atoms with Crippen molar-refractivity contribution in [3.63, 3.8) is 0 Å². The first-order valence-electron chi connectivity index (χ1n) is 13.7. The van der Waals surface area contributed by atoms with Crippen molar-refractivity contribution in [1.82, 2.24) is 0 Å². The molecule has 0 spiro atoms. The monoisotopic (exact) mass is 792 g/mol. The van der Waals surface area contributed by atoms with Crippen LogP contribution in [0.25, 0.3) is 22.0 Å². The van der Waals surface area contributed by atoms with Gasteiger partial charge in [-0.1, -0.05) is 109 Å². The summed E-state index contributed by atoms with van der Waals surface area (Å²) in [7, 11) is 0. The summed E-state index contributed by atoms with van der Waals surface area (Å²) in [4.78, 5) is 5.65. The van der Waals surface area contributed by atoms with Crippen LogP contribution in [-0.2, 0) is 0 Å². The fourth-order valence-electron chi connectivity index (χ4n) is 4.86. The van der Waals surface area contributed by atoms with Gasteiger partial charge >= 0.3 is 0 Å². The molecule has 0 bridgehead atoms. The molecule has 0 saturated heterocycles. The molecule has 0 fully saturated rings. The average molecular weight is 793 g/mol. The van der Waals surface area contributed by atoms with Crippen molar-refractivity contribution >= 4 is 163 Å². The zero-order valence-electron chi connectivity index (χ0n) is 23.1. The van der Waals surface area contributed by atoms with Gasteiger partial charge in [-0.15, -0.1) is 94.1 Å². The van der Waals surface area contributed by atoms with Crippen molar-refractivity contribution in [2.24, 2.45) is 0 Å². The summed E-state index contributed by atoms with van der Waals surface area (Å²) >= 11 is 24.6. The third-order valence-corrected chi connectivity index (χ3v) is 25.9. The van der Waals surface area contributed by atoms with E-state index in [2.05, 4.69) is 132 Å².